The van der Waals surface area contributed by atoms with E-state index in [1.165, 1.54) is 44.9 Å². The second kappa shape index (κ2) is 9.60. The summed E-state index contributed by atoms with van der Waals surface area (Å²) in [6.07, 6.45) is 12.2. The first kappa shape index (κ1) is 15.7. The van der Waals surface area contributed by atoms with Gasteiger partial charge in [0.05, 0.1) is 5.56 Å². The molecule has 0 aromatic heterocycles. The van der Waals surface area contributed by atoms with E-state index in [4.69, 9.17) is 0 Å². The largest absolute Gasteiger partial charge is 0.507 e. The number of unbranched alkanes of at least 4 members (excludes halogenated alkanes) is 7. The van der Waals surface area contributed by atoms with Gasteiger partial charge in [0.2, 0.25) is 0 Å². The normalized spacial score (nSPS) is 10.6. The van der Waals surface area contributed by atoms with Crippen molar-refractivity contribution in [3.63, 3.8) is 0 Å². The summed E-state index contributed by atoms with van der Waals surface area (Å²) in [5, 5.41) is 9.42. The van der Waals surface area contributed by atoms with Crippen LogP contribution in [-0.4, -0.2) is 11.4 Å². The van der Waals surface area contributed by atoms with Gasteiger partial charge >= 0.3 is 0 Å². The molecular formula is C17H26O2. The van der Waals surface area contributed by atoms with Crippen LogP contribution >= 0.6 is 0 Å². The number of phenolic OH excluding ortho intramolecular Hbond substituents is 1. The molecule has 0 aliphatic heterocycles. The zero-order valence-corrected chi connectivity index (χ0v) is 12.0. The molecule has 0 amide bonds. The van der Waals surface area contributed by atoms with Crippen molar-refractivity contribution in [3.05, 3.63) is 29.3 Å². The Kier molecular flexibility index (Phi) is 7.95. The average molecular weight is 262 g/mol. The lowest BCUT2D eigenvalue weighted by Gasteiger charge is -2.04. The number of phenols is 1. The van der Waals surface area contributed by atoms with Crippen LogP contribution in [0.3, 0.4) is 0 Å². The standard InChI is InChI=1S/C17H26O2/c1-2-3-4-5-6-7-8-9-10-15-11-12-17(19)16(13-15)14-18/h11-14,19H,2-10H2,1H3. The minimum Gasteiger partial charge on any atom is -0.507 e. The summed E-state index contributed by atoms with van der Waals surface area (Å²) in [5.74, 6) is 0.0784. The summed E-state index contributed by atoms with van der Waals surface area (Å²) in [7, 11) is 0. The average Bonchev–Trinajstić information content (AvgIpc) is 2.43. The summed E-state index contributed by atoms with van der Waals surface area (Å²) in [6, 6.07) is 5.32. The molecule has 0 saturated carbocycles. The summed E-state index contributed by atoms with van der Waals surface area (Å²) in [6.45, 7) is 2.24. The molecule has 0 radical (unpaired) electrons. The van der Waals surface area contributed by atoms with Crippen molar-refractivity contribution >= 4 is 6.29 Å². The lowest BCUT2D eigenvalue weighted by atomic mass is 10.0. The zero-order chi connectivity index (χ0) is 13.9. The molecule has 19 heavy (non-hydrogen) atoms. The SMILES string of the molecule is CCCCCCCCCCc1ccc(O)c(C=O)c1. The van der Waals surface area contributed by atoms with E-state index >= 15 is 0 Å². The first-order valence-electron chi connectivity index (χ1n) is 7.55. The maximum absolute atomic E-state index is 10.7. The molecule has 0 aliphatic rings. The molecule has 0 bridgehead atoms. The van der Waals surface area contributed by atoms with E-state index in [9.17, 15) is 9.90 Å². The van der Waals surface area contributed by atoms with E-state index in [0.717, 1.165) is 18.4 Å². The topological polar surface area (TPSA) is 37.3 Å². The van der Waals surface area contributed by atoms with Crippen LogP contribution in [0.1, 0.15) is 74.2 Å². The van der Waals surface area contributed by atoms with E-state index in [0.29, 0.717) is 11.8 Å². The summed E-state index contributed by atoms with van der Waals surface area (Å²) in [4.78, 5) is 10.7. The van der Waals surface area contributed by atoms with Crippen molar-refractivity contribution in [3.8, 4) is 5.75 Å². The Labute approximate surface area is 116 Å². The van der Waals surface area contributed by atoms with E-state index in [1.807, 2.05) is 6.07 Å². The van der Waals surface area contributed by atoms with Gasteiger partial charge in [-0.3, -0.25) is 4.79 Å². The molecule has 106 valence electrons. The lowest BCUT2D eigenvalue weighted by Crippen LogP contribution is -1.89. The number of rotatable bonds is 10. The van der Waals surface area contributed by atoms with Gasteiger partial charge < -0.3 is 5.11 Å². The van der Waals surface area contributed by atoms with Crippen molar-refractivity contribution in [1.29, 1.82) is 0 Å². The fourth-order valence-electron chi connectivity index (χ4n) is 2.32. The fourth-order valence-corrected chi connectivity index (χ4v) is 2.32. The van der Waals surface area contributed by atoms with Crippen molar-refractivity contribution < 1.29 is 9.90 Å². The van der Waals surface area contributed by atoms with Crippen molar-refractivity contribution in [1.82, 2.24) is 0 Å². The minimum atomic E-state index is 0.0784. The van der Waals surface area contributed by atoms with Crippen LogP contribution in [0.5, 0.6) is 5.75 Å². The quantitative estimate of drug-likeness (QED) is 0.481. The molecule has 0 heterocycles. The third kappa shape index (κ3) is 6.42. The van der Waals surface area contributed by atoms with Gasteiger partial charge in [0.25, 0.3) is 0 Å². The predicted molar refractivity (Wildman–Crippen MR) is 79.8 cm³/mol. The van der Waals surface area contributed by atoms with E-state index < -0.39 is 0 Å². The number of hydrogen-bond donors (Lipinski definition) is 1. The van der Waals surface area contributed by atoms with Crippen LogP contribution < -0.4 is 0 Å². The molecular weight excluding hydrogens is 236 g/mol. The van der Waals surface area contributed by atoms with E-state index in [2.05, 4.69) is 6.92 Å². The van der Waals surface area contributed by atoms with Crippen LogP contribution in [0.25, 0.3) is 0 Å². The van der Waals surface area contributed by atoms with Gasteiger partial charge in [-0.2, -0.15) is 0 Å². The van der Waals surface area contributed by atoms with Crippen LogP contribution in [0.4, 0.5) is 0 Å². The molecule has 1 aromatic carbocycles. The number of aldehydes is 1. The van der Waals surface area contributed by atoms with Gasteiger partial charge in [-0.05, 0) is 30.5 Å². The molecule has 1 rings (SSSR count). The van der Waals surface area contributed by atoms with Gasteiger partial charge in [-0.25, -0.2) is 0 Å². The highest BCUT2D eigenvalue weighted by Gasteiger charge is 2.01. The monoisotopic (exact) mass is 262 g/mol. The second-order valence-electron chi connectivity index (χ2n) is 5.24. The van der Waals surface area contributed by atoms with Crippen molar-refractivity contribution in [2.45, 2.75) is 64.7 Å². The molecule has 2 nitrogen and oxygen atoms in total. The zero-order valence-electron chi connectivity index (χ0n) is 12.0. The van der Waals surface area contributed by atoms with E-state index in [-0.39, 0.29) is 5.75 Å². The molecule has 0 fully saturated rings. The Hall–Kier alpha value is -1.31. The number of carbonyl (C=O) groups is 1. The van der Waals surface area contributed by atoms with Crippen LogP contribution in [0, 0.1) is 0 Å². The van der Waals surface area contributed by atoms with Crippen molar-refractivity contribution in [2.24, 2.45) is 0 Å². The Balaban J connectivity index is 2.14. The molecule has 0 spiro atoms. The smallest absolute Gasteiger partial charge is 0.153 e. The third-order valence-electron chi connectivity index (χ3n) is 3.54. The number of aryl methyl sites for hydroxylation is 1. The van der Waals surface area contributed by atoms with Gasteiger partial charge in [0, 0.05) is 0 Å². The summed E-state index contributed by atoms with van der Waals surface area (Å²) in [5.41, 5.74) is 1.54. The molecule has 0 atom stereocenters. The maximum atomic E-state index is 10.7. The van der Waals surface area contributed by atoms with Gasteiger partial charge in [-0.15, -0.1) is 0 Å². The van der Waals surface area contributed by atoms with Gasteiger partial charge in [0.15, 0.2) is 6.29 Å². The molecule has 1 N–H and O–H groups in total. The maximum Gasteiger partial charge on any atom is 0.153 e. The first-order chi connectivity index (χ1) is 9.27. The van der Waals surface area contributed by atoms with Crippen LogP contribution in [-0.2, 0) is 6.42 Å². The fraction of sp³-hybridized carbons (Fsp3) is 0.588. The first-order valence-corrected chi connectivity index (χ1v) is 7.55. The number of benzene rings is 1. The minimum absolute atomic E-state index is 0.0784. The van der Waals surface area contributed by atoms with Gasteiger partial charge in [-0.1, -0.05) is 57.9 Å². The molecule has 0 saturated heterocycles. The van der Waals surface area contributed by atoms with Gasteiger partial charge in [0.1, 0.15) is 5.75 Å². The summed E-state index contributed by atoms with van der Waals surface area (Å²) < 4.78 is 0. The highest BCUT2D eigenvalue weighted by Crippen LogP contribution is 2.18. The highest BCUT2D eigenvalue weighted by atomic mass is 16.3. The van der Waals surface area contributed by atoms with Crippen molar-refractivity contribution in [2.75, 3.05) is 0 Å². The third-order valence-corrected chi connectivity index (χ3v) is 3.54. The lowest BCUT2D eigenvalue weighted by molar-refractivity contribution is 0.112. The Bertz CT molecular complexity index is 372. The Morgan fingerprint density at radius 3 is 2.26 bits per heavy atom. The van der Waals surface area contributed by atoms with Crippen LogP contribution in [0.2, 0.25) is 0 Å². The molecule has 1 aromatic rings. The molecule has 2 heteroatoms. The number of carbonyl (C=O) groups excluding carboxylic acids is 1. The Morgan fingerprint density at radius 1 is 1.00 bits per heavy atom. The van der Waals surface area contributed by atoms with Crippen LogP contribution in [0.15, 0.2) is 18.2 Å². The molecule has 0 aliphatic carbocycles. The van der Waals surface area contributed by atoms with E-state index in [1.54, 1.807) is 12.1 Å². The molecule has 0 unspecified atom stereocenters. The number of aromatic hydroxyl groups is 1. The highest BCUT2D eigenvalue weighted by molar-refractivity contribution is 5.79. The Morgan fingerprint density at radius 2 is 1.63 bits per heavy atom. The predicted octanol–water partition coefficient (Wildman–Crippen LogP) is 4.89. The summed E-state index contributed by atoms with van der Waals surface area (Å²) >= 11 is 0. The number of hydrogen-bond acceptors (Lipinski definition) is 2. The second-order valence-corrected chi connectivity index (χ2v) is 5.24.